The number of hydrogen-bond donors (Lipinski definition) is 17. The molecule has 17 amide bonds. The van der Waals surface area contributed by atoms with Crippen LogP contribution in [0.1, 0.15) is 200 Å². The van der Waals surface area contributed by atoms with Crippen LogP contribution in [-0.4, -0.2) is 262 Å². The first-order valence-electron chi connectivity index (χ1n) is 40.3. The molecule has 2 aromatic rings. The lowest BCUT2D eigenvalue weighted by atomic mass is 9.93. The topological polar surface area (TPSA) is 543 Å². The van der Waals surface area contributed by atoms with E-state index in [4.69, 9.17) is 5.73 Å². The van der Waals surface area contributed by atoms with Crippen molar-refractivity contribution in [2.75, 3.05) is 32.8 Å². The standard InChI is InChI=1S/C82H127N17O20/c1-20-81(18,91-63(108)54(37-46(3)4)87-60(105)42-84-67(112)75(6,7)93-69(114)77(10,11)95-70(115)78(12,13)94-68(113)76(8,9)89-62(107)55(85-47(5)101)39-49-31-26-23-27-32-49)71(116)96-80(16,17)73(118)98-43-51(102)40-57(98)65(110)88-53(34-35-59(83)104)61(106)92-82(19,21-2)74(119)99-44-52(103)41-58(99)66(111)90-79(14,15)72(117)97-36-28-33-56(97)64(109)86-50(45-100)38-48-29-24-22-25-30-48/h22-27,29-32,46,50-58,100,102-103H,20-21,28,33-45H2,1-19H3,(H2,83,104)(H,84,112)(H,85,101)(H,86,109)(H,87,105)(H,88,110)(H,89,107)(H,90,111)(H,91,108)(H,92,106)(H,93,114)(H,94,113)(H,95,115)(H,96,116)/t50?,51-,52-,53+,54+,55+,56+,57+,58+,81-,82-/m1/s1. The highest BCUT2D eigenvalue weighted by atomic mass is 16.3. The smallest absolute Gasteiger partial charge is 0.248 e. The first kappa shape index (κ1) is 98.9. The van der Waals surface area contributed by atoms with E-state index in [-0.39, 0.29) is 64.1 Å². The number of nitrogens with zero attached hydrogens (tertiary/aromatic N) is 3. The largest absolute Gasteiger partial charge is 0.394 e. The molecule has 3 heterocycles. The monoisotopic (exact) mass is 1670 g/mol. The molecular formula is C82H127N17O20. The summed E-state index contributed by atoms with van der Waals surface area (Å²) >= 11 is 0. The first-order valence-corrected chi connectivity index (χ1v) is 40.3. The van der Waals surface area contributed by atoms with Gasteiger partial charge in [0.25, 0.3) is 0 Å². The number of β-amino-alcohol motifs (C(OH)–C–C–N with tert-alkyl or cyclic N) is 2. The predicted octanol–water partition coefficient (Wildman–Crippen LogP) is -2.30. The van der Waals surface area contributed by atoms with Crippen LogP contribution in [0.5, 0.6) is 0 Å². The Labute approximate surface area is 695 Å². The molecule has 11 atom stereocenters. The molecule has 0 saturated carbocycles. The van der Waals surface area contributed by atoms with Gasteiger partial charge >= 0.3 is 0 Å². The van der Waals surface area contributed by atoms with E-state index in [1.807, 2.05) is 30.3 Å². The Morgan fingerprint density at radius 1 is 0.462 bits per heavy atom. The number of rotatable bonds is 40. The van der Waals surface area contributed by atoms with Crippen molar-refractivity contribution in [2.24, 2.45) is 11.7 Å². The lowest BCUT2D eigenvalue weighted by Crippen LogP contribution is -2.68. The van der Waals surface area contributed by atoms with Crippen molar-refractivity contribution >= 4 is 100 Å². The number of benzene rings is 2. The number of likely N-dealkylation sites (tertiary alicyclic amines) is 3. The molecule has 3 fully saturated rings. The third-order valence-corrected chi connectivity index (χ3v) is 21.6. The molecule has 18 N–H and O–H groups in total. The minimum Gasteiger partial charge on any atom is -0.394 e. The number of aliphatic hydroxyl groups excluding tert-OH is 3. The highest BCUT2D eigenvalue weighted by Crippen LogP contribution is 2.29. The van der Waals surface area contributed by atoms with E-state index < -0.39 is 225 Å². The lowest BCUT2D eigenvalue weighted by Gasteiger charge is -2.38. The Hall–Kier alpha value is -10.7. The second-order valence-electron chi connectivity index (χ2n) is 35.3. The Kier molecular flexibility index (Phi) is 33.9. The van der Waals surface area contributed by atoms with E-state index >= 15 is 0 Å². The molecule has 0 aromatic heterocycles. The van der Waals surface area contributed by atoms with Crippen molar-refractivity contribution in [2.45, 2.75) is 301 Å². The van der Waals surface area contributed by atoms with Gasteiger partial charge in [0.2, 0.25) is 100 Å². The Morgan fingerprint density at radius 3 is 1.38 bits per heavy atom. The number of primary amides is 1. The van der Waals surface area contributed by atoms with Crippen LogP contribution in [0, 0.1) is 5.92 Å². The van der Waals surface area contributed by atoms with Gasteiger partial charge in [0.1, 0.15) is 80.6 Å². The van der Waals surface area contributed by atoms with Crippen molar-refractivity contribution in [3.8, 4) is 0 Å². The number of nitrogens with two attached hydrogens (primary N) is 1. The van der Waals surface area contributed by atoms with E-state index in [9.17, 15) is 96.8 Å². The lowest BCUT2D eigenvalue weighted by molar-refractivity contribution is -0.149. The normalized spacial score (nSPS) is 19.1. The number of hydrogen-bond acceptors (Lipinski definition) is 20. The maximum Gasteiger partial charge on any atom is 0.248 e. The molecule has 3 aliphatic heterocycles. The van der Waals surface area contributed by atoms with Gasteiger partial charge in [-0.15, -0.1) is 0 Å². The molecule has 0 radical (unpaired) electrons. The zero-order chi connectivity index (χ0) is 90.1. The first-order chi connectivity index (χ1) is 55.0. The quantitative estimate of drug-likeness (QED) is 0.0334. The molecule has 0 spiro atoms. The summed E-state index contributed by atoms with van der Waals surface area (Å²) in [6.07, 6.45) is -3.16. The molecule has 660 valence electrons. The average molecular weight is 1670 g/mol. The van der Waals surface area contributed by atoms with Gasteiger partial charge in [-0.05, 0) is 159 Å². The molecule has 37 heteroatoms. The van der Waals surface area contributed by atoms with E-state index in [1.54, 1.807) is 58.0 Å². The SMILES string of the molecule is CC[C@@](C)(NC(=O)[C@H](CC(C)C)NC(=O)CNC(=O)C(C)(C)NC(=O)C(C)(C)NC(=O)C(C)(C)NC(=O)C(C)(C)NC(=O)[C@H](Cc1ccccc1)NC(C)=O)C(=O)NC(C)(C)C(=O)N1C[C@H](O)C[C@H]1C(=O)N[C@@H](CCC(N)=O)C(=O)N[C@](C)(CC)C(=O)N1C[C@H](O)C[C@H]1C(=O)NC(C)(C)C(=O)N1CCC[C@H]1C(=O)NC(CO)Cc1ccccc1. The van der Waals surface area contributed by atoms with Crippen molar-refractivity contribution < 1.29 is 96.8 Å². The fourth-order valence-corrected chi connectivity index (χ4v) is 13.9. The number of carbonyl (C=O) groups excluding carboxylic acids is 17. The molecule has 3 aliphatic rings. The number of nitrogens with one attached hydrogen (secondary N) is 13. The fraction of sp³-hybridized carbons (Fsp3) is 0.646. The highest BCUT2D eigenvalue weighted by Gasteiger charge is 2.52. The summed E-state index contributed by atoms with van der Waals surface area (Å²) in [5.74, 6) is -14.0. The fourth-order valence-electron chi connectivity index (χ4n) is 13.9. The second-order valence-corrected chi connectivity index (χ2v) is 35.3. The second kappa shape index (κ2) is 40.8. The molecule has 2 aromatic carbocycles. The van der Waals surface area contributed by atoms with Gasteiger partial charge in [0, 0.05) is 52.2 Å². The van der Waals surface area contributed by atoms with Crippen molar-refractivity contribution in [1.82, 2.24) is 83.8 Å². The van der Waals surface area contributed by atoms with Gasteiger partial charge in [-0.25, -0.2) is 0 Å². The van der Waals surface area contributed by atoms with E-state index in [0.29, 0.717) is 19.3 Å². The Balaban J connectivity index is 1.19. The van der Waals surface area contributed by atoms with Gasteiger partial charge in [-0.3, -0.25) is 81.5 Å². The van der Waals surface area contributed by atoms with Crippen LogP contribution in [0.3, 0.4) is 0 Å². The maximum atomic E-state index is 14.8. The van der Waals surface area contributed by atoms with Crippen LogP contribution in [0.4, 0.5) is 0 Å². The zero-order valence-corrected chi connectivity index (χ0v) is 72.1. The van der Waals surface area contributed by atoms with Crippen molar-refractivity contribution in [1.29, 1.82) is 0 Å². The molecule has 0 aliphatic carbocycles. The molecular weight excluding hydrogens is 1540 g/mol. The van der Waals surface area contributed by atoms with Gasteiger partial charge in [0.05, 0.1) is 31.4 Å². The van der Waals surface area contributed by atoms with Gasteiger partial charge in [-0.1, -0.05) is 88.4 Å². The van der Waals surface area contributed by atoms with E-state index in [0.717, 1.165) is 20.9 Å². The molecule has 3 saturated heterocycles. The van der Waals surface area contributed by atoms with Gasteiger partial charge in [0.15, 0.2) is 0 Å². The summed E-state index contributed by atoms with van der Waals surface area (Å²) in [5, 5.41) is 66.3. The summed E-state index contributed by atoms with van der Waals surface area (Å²) in [4.78, 5) is 240. The number of aliphatic hydroxyl groups is 3. The number of amides is 17. The van der Waals surface area contributed by atoms with Crippen LogP contribution < -0.4 is 74.9 Å². The summed E-state index contributed by atoms with van der Waals surface area (Å²) < 4.78 is 0. The molecule has 37 nitrogen and oxygen atoms in total. The summed E-state index contributed by atoms with van der Waals surface area (Å²) in [6.45, 7) is 25.2. The van der Waals surface area contributed by atoms with E-state index in [1.165, 1.54) is 109 Å². The minimum atomic E-state index is -1.91. The summed E-state index contributed by atoms with van der Waals surface area (Å²) in [5.41, 5.74) is -6.99. The van der Waals surface area contributed by atoms with Crippen LogP contribution in [-0.2, 0) is 94.3 Å². The third-order valence-electron chi connectivity index (χ3n) is 21.6. The average Bonchev–Trinajstić information content (AvgIpc) is 1.66. The molecule has 5 rings (SSSR count). The zero-order valence-electron chi connectivity index (χ0n) is 72.1. The maximum absolute atomic E-state index is 14.8. The molecule has 0 bridgehead atoms. The van der Waals surface area contributed by atoms with Gasteiger partial charge in [-0.2, -0.15) is 0 Å². The minimum absolute atomic E-state index is 0.0109. The van der Waals surface area contributed by atoms with Crippen LogP contribution in [0.25, 0.3) is 0 Å². The predicted molar refractivity (Wildman–Crippen MR) is 436 cm³/mol. The Morgan fingerprint density at radius 2 is 0.891 bits per heavy atom. The van der Waals surface area contributed by atoms with Crippen molar-refractivity contribution in [3.63, 3.8) is 0 Å². The molecule has 1 unspecified atom stereocenters. The van der Waals surface area contributed by atoms with Crippen LogP contribution in [0.15, 0.2) is 60.7 Å². The van der Waals surface area contributed by atoms with Crippen molar-refractivity contribution in [3.05, 3.63) is 71.8 Å². The van der Waals surface area contributed by atoms with E-state index in [2.05, 4.69) is 69.1 Å². The summed E-state index contributed by atoms with van der Waals surface area (Å²) in [6, 6.07) is 9.58. The van der Waals surface area contributed by atoms with Crippen LogP contribution in [0.2, 0.25) is 0 Å². The van der Waals surface area contributed by atoms with Gasteiger partial charge < -0.3 is 105 Å². The number of carbonyl (C=O) groups is 17. The third kappa shape index (κ3) is 27.2. The summed E-state index contributed by atoms with van der Waals surface area (Å²) in [7, 11) is 0. The highest BCUT2D eigenvalue weighted by molar-refractivity contribution is 6.04. The molecule has 119 heavy (non-hydrogen) atoms. The van der Waals surface area contributed by atoms with Crippen LogP contribution >= 0.6 is 0 Å². The Bertz CT molecular complexity index is 4080.